The van der Waals surface area contributed by atoms with Crippen LogP contribution in [0.3, 0.4) is 0 Å². The summed E-state index contributed by atoms with van der Waals surface area (Å²) in [5, 5.41) is 0. The van der Waals surface area contributed by atoms with Crippen LogP contribution in [0.25, 0.3) is 0 Å². The van der Waals surface area contributed by atoms with Crippen molar-refractivity contribution in [3.05, 3.63) is 35.4 Å². The molecule has 0 fully saturated rings. The molecule has 0 saturated heterocycles. The van der Waals surface area contributed by atoms with Crippen LogP contribution in [-0.4, -0.2) is 41.3 Å². The third-order valence-electron chi connectivity index (χ3n) is 3.75. The molecule has 25 heavy (non-hydrogen) atoms. The van der Waals surface area contributed by atoms with E-state index in [1.807, 2.05) is 0 Å². The summed E-state index contributed by atoms with van der Waals surface area (Å²) in [5.41, 5.74) is 6.91. The second-order valence-corrected chi connectivity index (χ2v) is 5.01. The standard InChI is InChI=1S/C18H21NO6/c1-21-12-7-6-11(17(24-4)15(12)19)16(20)10-8-13(22-2)18(25-5)14(9-10)23-3/h6-9H,19H2,1-5H3. The average Bonchev–Trinajstić information content (AvgIpc) is 2.65. The molecule has 0 heterocycles. The molecule has 2 aromatic rings. The zero-order valence-corrected chi connectivity index (χ0v) is 14.8. The van der Waals surface area contributed by atoms with Crippen molar-refractivity contribution >= 4 is 11.5 Å². The van der Waals surface area contributed by atoms with Gasteiger partial charge in [-0.1, -0.05) is 0 Å². The van der Waals surface area contributed by atoms with Gasteiger partial charge in [0.05, 0.1) is 41.1 Å². The molecule has 7 heteroatoms. The average molecular weight is 347 g/mol. The van der Waals surface area contributed by atoms with Crippen LogP contribution in [0.4, 0.5) is 5.69 Å². The number of hydrogen-bond donors (Lipinski definition) is 1. The van der Waals surface area contributed by atoms with E-state index in [0.717, 1.165) is 0 Å². The van der Waals surface area contributed by atoms with Crippen molar-refractivity contribution in [1.82, 2.24) is 0 Å². The fourth-order valence-corrected chi connectivity index (χ4v) is 2.53. The monoisotopic (exact) mass is 347 g/mol. The smallest absolute Gasteiger partial charge is 0.203 e. The minimum absolute atomic E-state index is 0.248. The number of carbonyl (C=O) groups excluding carboxylic acids is 1. The maximum absolute atomic E-state index is 13.0. The van der Waals surface area contributed by atoms with Crippen molar-refractivity contribution in [3.63, 3.8) is 0 Å². The van der Waals surface area contributed by atoms with Crippen LogP contribution >= 0.6 is 0 Å². The lowest BCUT2D eigenvalue weighted by atomic mass is 10.0. The van der Waals surface area contributed by atoms with Crippen molar-refractivity contribution in [2.24, 2.45) is 0 Å². The number of carbonyl (C=O) groups is 1. The highest BCUT2D eigenvalue weighted by Gasteiger charge is 2.22. The minimum Gasteiger partial charge on any atom is -0.494 e. The lowest BCUT2D eigenvalue weighted by molar-refractivity contribution is 0.103. The van der Waals surface area contributed by atoms with E-state index in [0.29, 0.717) is 34.1 Å². The molecular formula is C18H21NO6. The predicted octanol–water partition coefficient (Wildman–Crippen LogP) is 2.54. The van der Waals surface area contributed by atoms with E-state index in [9.17, 15) is 4.79 Å². The minimum atomic E-state index is -0.301. The number of anilines is 1. The molecule has 0 aliphatic heterocycles. The third kappa shape index (κ3) is 3.26. The van der Waals surface area contributed by atoms with Crippen LogP contribution in [0.1, 0.15) is 15.9 Å². The van der Waals surface area contributed by atoms with E-state index < -0.39 is 0 Å². The SMILES string of the molecule is COc1ccc(C(=O)c2cc(OC)c(OC)c(OC)c2)c(OC)c1N. The normalized spacial score (nSPS) is 10.1. The van der Waals surface area contributed by atoms with Gasteiger partial charge in [0.15, 0.2) is 23.0 Å². The van der Waals surface area contributed by atoms with E-state index in [4.69, 9.17) is 29.4 Å². The first-order valence-corrected chi connectivity index (χ1v) is 7.37. The number of methoxy groups -OCH3 is 5. The van der Waals surface area contributed by atoms with E-state index in [2.05, 4.69) is 0 Å². The molecule has 7 nitrogen and oxygen atoms in total. The molecule has 0 unspecified atom stereocenters. The van der Waals surface area contributed by atoms with Gasteiger partial charge in [0.2, 0.25) is 5.75 Å². The first-order chi connectivity index (χ1) is 12.0. The molecule has 0 saturated carbocycles. The zero-order chi connectivity index (χ0) is 18.6. The topological polar surface area (TPSA) is 89.2 Å². The fourth-order valence-electron chi connectivity index (χ4n) is 2.53. The van der Waals surface area contributed by atoms with Gasteiger partial charge in [-0.25, -0.2) is 0 Å². The van der Waals surface area contributed by atoms with Gasteiger partial charge >= 0.3 is 0 Å². The zero-order valence-electron chi connectivity index (χ0n) is 14.8. The molecule has 0 bridgehead atoms. The summed E-state index contributed by atoms with van der Waals surface area (Å²) in [6, 6.07) is 6.36. The molecule has 2 N–H and O–H groups in total. The number of ketones is 1. The second-order valence-electron chi connectivity index (χ2n) is 5.01. The van der Waals surface area contributed by atoms with Crippen LogP contribution < -0.4 is 29.4 Å². The molecule has 0 atom stereocenters. The van der Waals surface area contributed by atoms with Gasteiger partial charge < -0.3 is 29.4 Å². The Morgan fingerprint density at radius 1 is 0.760 bits per heavy atom. The van der Waals surface area contributed by atoms with Gasteiger partial charge in [0.25, 0.3) is 0 Å². The van der Waals surface area contributed by atoms with Crippen LogP contribution in [0.15, 0.2) is 24.3 Å². The van der Waals surface area contributed by atoms with Gasteiger partial charge in [-0.3, -0.25) is 4.79 Å². The Balaban J connectivity index is 2.60. The number of hydrogen-bond acceptors (Lipinski definition) is 7. The number of nitrogen functional groups attached to an aromatic ring is 1. The van der Waals surface area contributed by atoms with E-state index in [1.54, 1.807) is 24.3 Å². The van der Waals surface area contributed by atoms with E-state index in [-0.39, 0.29) is 17.2 Å². The Bertz CT molecular complexity index is 762. The summed E-state index contributed by atoms with van der Waals surface area (Å²) in [4.78, 5) is 13.0. The Morgan fingerprint density at radius 2 is 1.28 bits per heavy atom. The Hall–Kier alpha value is -3.09. The maximum atomic E-state index is 13.0. The number of nitrogens with two attached hydrogens (primary N) is 1. The maximum Gasteiger partial charge on any atom is 0.203 e. The lowest BCUT2D eigenvalue weighted by Crippen LogP contribution is -2.08. The molecule has 0 aliphatic carbocycles. The molecule has 0 aromatic heterocycles. The van der Waals surface area contributed by atoms with E-state index in [1.165, 1.54) is 35.5 Å². The van der Waals surface area contributed by atoms with Gasteiger partial charge in [0.1, 0.15) is 11.4 Å². The highest BCUT2D eigenvalue weighted by atomic mass is 16.5. The Kier molecular flexibility index (Phi) is 5.59. The van der Waals surface area contributed by atoms with Crippen LogP contribution in [0, 0.1) is 0 Å². The molecule has 134 valence electrons. The summed E-state index contributed by atoms with van der Waals surface area (Å²) in [6.45, 7) is 0. The molecule has 0 radical (unpaired) electrons. The first-order valence-electron chi connectivity index (χ1n) is 7.37. The summed E-state index contributed by atoms with van der Waals surface area (Å²) in [5.74, 6) is 1.54. The first kappa shape index (κ1) is 18.3. The van der Waals surface area contributed by atoms with Crippen molar-refractivity contribution in [3.8, 4) is 28.7 Å². The van der Waals surface area contributed by atoms with Gasteiger partial charge in [-0.15, -0.1) is 0 Å². The number of rotatable bonds is 7. The quantitative estimate of drug-likeness (QED) is 0.608. The number of benzene rings is 2. The largest absolute Gasteiger partial charge is 0.494 e. The summed E-state index contributed by atoms with van der Waals surface area (Å²) in [7, 11) is 7.40. The molecule has 2 aromatic carbocycles. The lowest BCUT2D eigenvalue weighted by Gasteiger charge is -2.16. The summed E-state index contributed by atoms with van der Waals surface area (Å²) < 4.78 is 26.3. The second kappa shape index (κ2) is 7.65. The molecular weight excluding hydrogens is 326 g/mol. The molecule has 0 spiro atoms. The van der Waals surface area contributed by atoms with Gasteiger partial charge in [-0.05, 0) is 24.3 Å². The van der Waals surface area contributed by atoms with Crippen molar-refractivity contribution in [2.75, 3.05) is 41.3 Å². The molecule has 0 amide bonds. The molecule has 0 aliphatic rings. The van der Waals surface area contributed by atoms with Gasteiger partial charge in [0, 0.05) is 5.56 Å². The third-order valence-corrected chi connectivity index (χ3v) is 3.75. The van der Waals surface area contributed by atoms with Gasteiger partial charge in [-0.2, -0.15) is 0 Å². The summed E-state index contributed by atoms with van der Waals surface area (Å²) in [6.07, 6.45) is 0. The van der Waals surface area contributed by atoms with E-state index >= 15 is 0 Å². The Labute approximate surface area is 146 Å². The molecule has 2 rings (SSSR count). The highest BCUT2D eigenvalue weighted by molar-refractivity contribution is 6.12. The summed E-state index contributed by atoms with van der Waals surface area (Å²) >= 11 is 0. The number of ether oxygens (including phenoxy) is 5. The van der Waals surface area contributed by atoms with Crippen molar-refractivity contribution in [1.29, 1.82) is 0 Å². The van der Waals surface area contributed by atoms with Crippen LogP contribution in [0.5, 0.6) is 28.7 Å². The van der Waals surface area contributed by atoms with Crippen LogP contribution in [-0.2, 0) is 0 Å². The fraction of sp³-hybridized carbons (Fsp3) is 0.278. The predicted molar refractivity (Wildman–Crippen MR) is 93.5 cm³/mol. The Morgan fingerprint density at radius 3 is 1.72 bits per heavy atom. The van der Waals surface area contributed by atoms with Crippen molar-refractivity contribution in [2.45, 2.75) is 0 Å². The highest BCUT2D eigenvalue weighted by Crippen LogP contribution is 2.40. The van der Waals surface area contributed by atoms with Crippen molar-refractivity contribution < 1.29 is 28.5 Å². The van der Waals surface area contributed by atoms with Crippen LogP contribution in [0.2, 0.25) is 0 Å².